The zero-order valence-corrected chi connectivity index (χ0v) is 13.7. The summed E-state index contributed by atoms with van der Waals surface area (Å²) in [6.07, 6.45) is 5.38. The van der Waals surface area contributed by atoms with Crippen LogP contribution in [0.1, 0.15) is 24.0 Å². The third-order valence-corrected chi connectivity index (χ3v) is 5.15. The summed E-state index contributed by atoms with van der Waals surface area (Å²) in [5, 5.41) is 9.97. The Hall–Kier alpha value is -1.23. The van der Waals surface area contributed by atoms with Crippen molar-refractivity contribution in [3.63, 3.8) is 0 Å². The zero-order valence-electron chi connectivity index (χ0n) is 12.9. The molecule has 3 atom stereocenters. The van der Waals surface area contributed by atoms with Crippen molar-refractivity contribution >= 4 is 12.4 Å². The fourth-order valence-electron chi connectivity index (χ4n) is 4.08. The van der Waals surface area contributed by atoms with Gasteiger partial charge in [-0.1, -0.05) is 18.2 Å². The third kappa shape index (κ3) is 2.05. The monoisotopic (exact) mass is 323 g/mol. The lowest BCUT2D eigenvalue weighted by molar-refractivity contribution is 0.0821. The molecule has 0 bridgehead atoms. The van der Waals surface area contributed by atoms with Gasteiger partial charge < -0.3 is 19.5 Å². The summed E-state index contributed by atoms with van der Waals surface area (Å²) >= 11 is 0. The van der Waals surface area contributed by atoms with Gasteiger partial charge in [-0.25, -0.2) is 0 Å². The number of rotatable bonds is 1. The van der Waals surface area contributed by atoms with Gasteiger partial charge in [0.2, 0.25) is 0 Å². The van der Waals surface area contributed by atoms with Gasteiger partial charge in [-0.05, 0) is 31.6 Å². The van der Waals surface area contributed by atoms with Crippen LogP contribution in [0.4, 0.5) is 0 Å². The normalized spacial score (nSPS) is 32.3. The minimum atomic E-state index is -0.412. The number of halogens is 1. The van der Waals surface area contributed by atoms with Crippen molar-refractivity contribution in [3.05, 3.63) is 35.4 Å². The lowest BCUT2D eigenvalue weighted by atomic mass is 9.69. The molecule has 0 saturated heterocycles. The largest absolute Gasteiger partial charge is 0.493 e. The Kier molecular flexibility index (Phi) is 3.87. The topological polar surface area (TPSA) is 41.9 Å². The van der Waals surface area contributed by atoms with Crippen molar-refractivity contribution in [2.75, 3.05) is 20.7 Å². The Morgan fingerprint density at radius 3 is 3.00 bits per heavy atom. The highest BCUT2D eigenvalue weighted by Crippen LogP contribution is 2.55. The van der Waals surface area contributed by atoms with Crippen molar-refractivity contribution < 1.29 is 14.6 Å². The van der Waals surface area contributed by atoms with E-state index in [-0.39, 0.29) is 23.9 Å². The van der Waals surface area contributed by atoms with Crippen LogP contribution in [0.3, 0.4) is 0 Å². The molecule has 3 aliphatic rings. The minimum Gasteiger partial charge on any atom is -0.493 e. The predicted octanol–water partition coefficient (Wildman–Crippen LogP) is 2.27. The van der Waals surface area contributed by atoms with Gasteiger partial charge in [0.25, 0.3) is 0 Å². The molecule has 0 saturated carbocycles. The maximum Gasteiger partial charge on any atom is 0.166 e. The number of nitrogens with zero attached hydrogens (tertiary/aromatic N) is 1. The predicted molar refractivity (Wildman–Crippen MR) is 87.1 cm³/mol. The molecule has 0 radical (unpaired) electrons. The van der Waals surface area contributed by atoms with E-state index in [0.29, 0.717) is 6.42 Å². The molecule has 1 spiro atoms. The molecule has 4 rings (SSSR count). The summed E-state index contributed by atoms with van der Waals surface area (Å²) in [6.45, 7) is 1.96. The molecule has 1 aromatic rings. The molecule has 0 amide bonds. The molecule has 0 aromatic heterocycles. The van der Waals surface area contributed by atoms with Crippen molar-refractivity contribution in [2.45, 2.75) is 37.0 Å². The van der Waals surface area contributed by atoms with Crippen molar-refractivity contribution in [1.29, 1.82) is 0 Å². The van der Waals surface area contributed by atoms with Crippen molar-refractivity contribution in [1.82, 2.24) is 4.90 Å². The second-order valence-corrected chi connectivity index (χ2v) is 6.43. The minimum absolute atomic E-state index is 0. The Morgan fingerprint density at radius 1 is 1.41 bits per heavy atom. The summed E-state index contributed by atoms with van der Waals surface area (Å²) in [5.74, 6) is 1.68. The number of aliphatic hydroxyl groups is 1. The number of ether oxygens (including phenoxy) is 2. The molecular weight excluding hydrogens is 302 g/mol. The van der Waals surface area contributed by atoms with Crippen LogP contribution in [0.5, 0.6) is 11.5 Å². The summed E-state index contributed by atoms with van der Waals surface area (Å²) in [5.41, 5.74) is 2.48. The molecule has 2 heterocycles. The van der Waals surface area contributed by atoms with Gasteiger partial charge in [0.15, 0.2) is 11.5 Å². The molecule has 0 fully saturated rings. The lowest BCUT2D eigenvalue weighted by Crippen LogP contribution is -2.42. The van der Waals surface area contributed by atoms with E-state index >= 15 is 0 Å². The van der Waals surface area contributed by atoms with Crippen LogP contribution in [-0.4, -0.2) is 42.9 Å². The first kappa shape index (κ1) is 15.7. The van der Waals surface area contributed by atoms with Gasteiger partial charge in [-0.3, -0.25) is 0 Å². The van der Waals surface area contributed by atoms with E-state index in [4.69, 9.17) is 9.47 Å². The lowest BCUT2D eigenvalue weighted by Gasteiger charge is -2.35. The van der Waals surface area contributed by atoms with Crippen LogP contribution in [0.2, 0.25) is 0 Å². The van der Waals surface area contributed by atoms with E-state index in [1.54, 1.807) is 7.11 Å². The van der Waals surface area contributed by atoms with Crippen LogP contribution in [-0.2, 0) is 12.0 Å². The number of hydrogen-bond donors (Lipinski definition) is 1. The highest BCUT2D eigenvalue weighted by molar-refractivity contribution is 5.85. The third-order valence-electron chi connectivity index (χ3n) is 5.15. The Bertz CT molecular complexity index is 618. The SMILES string of the molecule is COc1ccc2c3c1O[C@@H]1C[C@@H](O)C=C[C@@]31CCN(C)C2.Cl. The van der Waals surface area contributed by atoms with E-state index < -0.39 is 6.10 Å². The average Bonchev–Trinajstić information content (AvgIpc) is 2.72. The van der Waals surface area contributed by atoms with Gasteiger partial charge in [0.1, 0.15) is 6.10 Å². The van der Waals surface area contributed by atoms with E-state index in [1.807, 2.05) is 12.1 Å². The Labute approximate surface area is 137 Å². The fraction of sp³-hybridized carbons (Fsp3) is 0.529. The van der Waals surface area contributed by atoms with Crippen LogP contribution in [0.25, 0.3) is 0 Å². The molecule has 120 valence electrons. The Balaban J connectivity index is 0.00000144. The first-order valence-corrected chi connectivity index (χ1v) is 7.57. The van der Waals surface area contributed by atoms with E-state index in [1.165, 1.54) is 11.1 Å². The van der Waals surface area contributed by atoms with Crippen LogP contribution >= 0.6 is 12.4 Å². The highest BCUT2D eigenvalue weighted by atomic mass is 35.5. The smallest absolute Gasteiger partial charge is 0.166 e. The number of hydrogen-bond acceptors (Lipinski definition) is 4. The maximum atomic E-state index is 9.97. The average molecular weight is 324 g/mol. The molecule has 1 aliphatic carbocycles. The molecule has 22 heavy (non-hydrogen) atoms. The molecule has 5 heteroatoms. The van der Waals surface area contributed by atoms with Crippen molar-refractivity contribution in [2.24, 2.45) is 0 Å². The first-order valence-electron chi connectivity index (χ1n) is 7.57. The highest BCUT2D eigenvalue weighted by Gasteiger charge is 2.52. The van der Waals surface area contributed by atoms with E-state index in [2.05, 4.69) is 24.1 Å². The maximum absolute atomic E-state index is 9.97. The summed E-state index contributed by atoms with van der Waals surface area (Å²) in [6, 6.07) is 4.16. The molecular formula is C17H22ClNO3. The van der Waals surface area contributed by atoms with Gasteiger partial charge in [-0.15, -0.1) is 12.4 Å². The number of benzene rings is 1. The molecule has 2 aliphatic heterocycles. The molecule has 1 N–H and O–H groups in total. The summed E-state index contributed by atoms with van der Waals surface area (Å²) < 4.78 is 11.8. The molecule has 1 aromatic carbocycles. The summed E-state index contributed by atoms with van der Waals surface area (Å²) in [7, 11) is 3.84. The van der Waals surface area contributed by atoms with Gasteiger partial charge >= 0.3 is 0 Å². The van der Waals surface area contributed by atoms with Crippen LogP contribution < -0.4 is 9.47 Å². The quantitative estimate of drug-likeness (QED) is 0.805. The van der Waals surface area contributed by atoms with Crippen LogP contribution in [0, 0.1) is 0 Å². The van der Waals surface area contributed by atoms with Gasteiger partial charge in [0.05, 0.1) is 18.6 Å². The van der Waals surface area contributed by atoms with E-state index in [9.17, 15) is 5.11 Å². The standard InChI is InChI=1S/C17H21NO3.ClH/c1-18-8-7-17-6-5-12(19)9-14(17)21-16-13(20-2)4-3-11(10-18)15(16)17;/h3-6,12,14,19H,7-10H2,1-2H3;1H/t12-,14+,17-;/m0./s1. The number of aliphatic hydroxyl groups excluding tert-OH is 1. The fourth-order valence-corrected chi connectivity index (χ4v) is 4.08. The van der Waals surface area contributed by atoms with Gasteiger partial charge in [0, 0.05) is 18.5 Å². The van der Waals surface area contributed by atoms with Gasteiger partial charge in [-0.2, -0.15) is 0 Å². The Morgan fingerprint density at radius 2 is 2.23 bits per heavy atom. The number of methoxy groups -OCH3 is 1. The second kappa shape index (κ2) is 5.44. The molecule has 4 nitrogen and oxygen atoms in total. The first-order chi connectivity index (χ1) is 10.1. The van der Waals surface area contributed by atoms with E-state index in [0.717, 1.165) is 31.0 Å². The molecule has 0 unspecified atom stereocenters. The van der Waals surface area contributed by atoms with Crippen LogP contribution in [0.15, 0.2) is 24.3 Å². The van der Waals surface area contributed by atoms with Crippen molar-refractivity contribution in [3.8, 4) is 11.5 Å². The zero-order chi connectivity index (χ0) is 14.6. The second-order valence-electron chi connectivity index (χ2n) is 6.43. The summed E-state index contributed by atoms with van der Waals surface area (Å²) in [4.78, 5) is 2.35.